The lowest BCUT2D eigenvalue weighted by atomic mass is 10.0. The number of hydrogen-bond donors (Lipinski definition) is 3. The molecular weight excluding hydrogens is 324 g/mol. The van der Waals surface area contributed by atoms with Gasteiger partial charge in [0.15, 0.2) is 0 Å². The summed E-state index contributed by atoms with van der Waals surface area (Å²) in [5.74, 6) is -1.50. The van der Waals surface area contributed by atoms with Crippen molar-refractivity contribution in [2.45, 2.75) is 52.3 Å². The van der Waals surface area contributed by atoms with Gasteiger partial charge in [-0.25, -0.2) is 9.59 Å². The van der Waals surface area contributed by atoms with Crippen LogP contribution in [0.2, 0.25) is 0 Å². The second-order valence-electron chi connectivity index (χ2n) is 6.20. The Morgan fingerprint density at radius 1 is 1.08 bits per heavy atom. The third kappa shape index (κ3) is 7.69. The van der Waals surface area contributed by atoms with E-state index in [1.165, 1.54) is 0 Å². The van der Waals surface area contributed by atoms with E-state index in [0.717, 1.165) is 5.56 Å². The van der Waals surface area contributed by atoms with Gasteiger partial charge in [-0.2, -0.15) is 0 Å². The maximum Gasteiger partial charge on any atom is 0.408 e. The van der Waals surface area contributed by atoms with Gasteiger partial charge in [-0.3, -0.25) is 4.79 Å². The van der Waals surface area contributed by atoms with Crippen LogP contribution in [0.4, 0.5) is 4.79 Å². The number of carbonyl (C=O) groups excluding carboxylic acids is 2. The van der Waals surface area contributed by atoms with Crippen molar-refractivity contribution < 1.29 is 24.2 Å². The molecule has 0 radical (unpaired) electrons. The smallest absolute Gasteiger partial charge is 0.408 e. The molecule has 1 rings (SSSR count). The highest BCUT2D eigenvalue weighted by Crippen LogP contribution is 2.07. The molecule has 2 atom stereocenters. The minimum Gasteiger partial charge on any atom is -0.480 e. The molecule has 3 N–H and O–H groups in total. The third-order valence-electron chi connectivity index (χ3n) is 3.55. The number of rotatable bonds is 9. The van der Waals surface area contributed by atoms with Crippen LogP contribution in [0, 0.1) is 5.92 Å². The molecule has 7 heteroatoms. The Hall–Kier alpha value is -2.57. The predicted octanol–water partition coefficient (Wildman–Crippen LogP) is 2.31. The number of benzene rings is 1. The first kappa shape index (κ1) is 20.5. The van der Waals surface area contributed by atoms with Gasteiger partial charge in [-0.1, -0.05) is 51.1 Å². The molecule has 0 aliphatic heterocycles. The maximum absolute atomic E-state index is 12.3. The molecule has 7 nitrogen and oxygen atoms in total. The van der Waals surface area contributed by atoms with Crippen molar-refractivity contribution in [3.63, 3.8) is 0 Å². The van der Waals surface area contributed by atoms with Gasteiger partial charge in [0.1, 0.15) is 18.7 Å². The van der Waals surface area contributed by atoms with Crippen molar-refractivity contribution in [3.05, 3.63) is 35.9 Å². The van der Waals surface area contributed by atoms with Crippen LogP contribution in [0.1, 0.15) is 39.2 Å². The van der Waals surface area contributed by atoms with Crippen molar-refractivity contribution in [2.24, 2.45) is 5.92 Å². The summed E-state index contributed by atoms with van der Waals surface area (Å²) in [6.45, 7) is 5.57. The molecule has 1 aromatic carbocycles. The Labute approximate surface area is 147 Å². The van der Waals surface area contributed by atoms with Gasteiger partial charge in [-0.05, 0) is 24.3 Å². The first-order valence-electron chi connectivity index (χ1n) is 8.33. The van der Waals surface area contributed by atoms with E-state index >= 15 is 0 Å². The van der Waals surface area contributed by atoms with Crippen LogP contribution in [0.25, 0.3) is 0 Å². The lowest BCUT2D eigenvalue weighted by molar-refractivity contribution is -0.142. The number of amides is 2. The summed E-state index contributed by atoms with van der Waals surface area (Å²) in [6.07, 6.45) is -0.0796. The summed E-state index contributed by atoms with van der Waals surface area (Å²) in [5.41, 5.74) is 0.833. The molecule has 0 heterocycles. The Morgan fingerprint density at radius 3 is 2.24 bits per heavy atom. The van der Waals surface area contributed by atoms with Crippen molar-refractivity contribution in [3.8, 4) is 0 Å². The quantitative estimate of drug-likeness (QED) is 0.634. The van der Waals surface area contributed by atoms with E-state index in [2.05, 4.69) is 10.6 Å². The molecule has 0 saturated heterocycles. The average molecular weight is 350 g/mol. The molecule has 0 aliphatic rings. The number of ether oxygens (including phenoxy) is 1. The Bertz CT molecular complexity index is 574. The predicted molar refractivity (Wildman–Crippen MR) is 92.9 cm³/mol. The van der Waals surface area contributed by atoms with Crippen molar-refractivity contribution in [2.75, 3.05) is 0 Å². The SMILES string of the molecule is CCC(NC(=O)[C@H](CC(C)C)NC(=O)OCc1ccccc1)C(=O)O. The van der Waals surface area contributed by atoms with E-state index in [1.54, 1.807) is 6.92 Å². The van der Waals surface area contributed by atoms with Gasteiger partial charge >= 0.3 is 12.1 Å². The topological polar surface area (TPSA) is 105 Å². The number of nitrogens with one attached hydrogen (secondary N) is 2. The monoisotopic (exact) mass is 350 g/mol. The highest BCUT2D eigenvalue weighted by molar-refractivity contribution is 5.89. The standard InChI is InChI=1S/C18H26N2O5/c1-4-14(17(22)23)19-16(21)15(10-12(2)3)20-18(24)25-11-13-8-6-5-7-9-13/h5-9,12,14-15H,4,10-11H2,1-3H3,(H,19,21)(H,20,24)(H,22,23)/t14?,15-/m0/s1. The highest BCUT2D eigenvalue weighted by Gasteiger charge is 2.26. The molecule has 25 heavy (non-hydrogen) atoms. The lowest BCUT2D eigenvalue weighted by Gasteiger charge is -2.22. The van der Waals surface area contributed by atoms with Crippen LogP contribution in [-0.2, 0) is 20.9 Å². The fourth-order valence-corrected chi connectivity index (χ4v) is 2.22. The van der Waals surface area contributed by atoms with E-state index in [0.29, 0.717) is 6.42 Å². The summed E-state index contributed by atoms with van der Waals surface area (Å²) in [6, 6.07) is 7.35. The van der Waals surface area contributed by atoms with Crippen LogP contribution >= 0.6 is 0 Å². The molecule has 0 aliphatic carbocycles. The minimum absolute atomic E-state index is 0.0927. The minimum atomic E-state index is -1.11. The summed E-state index contributed by atoms with van der Waals surface area (Å²) in [4.78, 5) is 35.4. The number of carboxylic acids is 1. The van der Waals surface area contributed by atoms with Gasteiger partial charge in [-0.15, -0.1) is 0 Å². The van der Waals surface area contributed by atoms with Gasteiger partial charge in [0.25, 0.3) is 0 Å². The number of alkyl carbamates (subject to hydrolysis) is 1. The van der Waals surface area contributed by atoms with Gasteiger partial charge in [0.2, 0.25) is 5.91 Å². The van der Waals surface area contributed by atoms with E-state index in [9.17, 15) is 14.4 Å². The van der Waals surface area contributed by atoms with E-state index in [-0.39, 0.29) is 18.9 Å². The normalized spacial score (nSPS) is 13.0. The highest BCUT2D eigenvalue weighted by atomic mass is 16.5. The molecule has 0 saturated carbocycles. The molecule has 1 unspecified atom stereocenters. The fourth-order valence-electron chi connectivity index (χ4n) is 2.22. The second kappa shape index (κ2) is 10.3. The molecule has 0 fully saturated rings. The fraction of sp³-hybridized carbons (Fsp3) is 0.500. The lowest BCUT2D eigenvalue weighted by Crippen LogP contribution is -2.51. The van der Waals surface area contributed by atoms with Gasteiger partial charge in [0, 0.05) is 0 Å². The van der Waals surface area contributed by atoms with Crippen molar-refractivity contribution in [1.29, 1.82) is 0 Å². The Kier molecular flexibility index (Phi) is 8.46. The van der Waals surface area contributed by atoms with Crippen LogP contribution in [0.5, 0.6) is 0 Å². The van der Waals surface area contributed by atoms with E-state index < -0.39 is 30.1 Å². The van der Waals surface area contributed by atoms with Crippen molar-refractivity contribution >= 4 is 18.0 Å². The summed E-state index contributed by atoms with van der Waals surface area (Å²) < 4.78 is 5.12. The van der Waals surface area contributed by atoms with E-state index in [1.807, 2.05) is 44.2 Å². The first-order chi connectivity index (χ1) is 11.8. The molecular formula is C18H26N2O5. The molecule has 0 aromatic heterocycles. The van der Waals surface area contributed by atoms with Gasteiger partial charge in [0.05, 0.1) is 0 Å². The summed E-state index contributed by atoms with van der Waals surface area (Å²) in [7, 11) is 0. The van der Waals surface area contributed by atoms with Crippen LogP contribution in [0.3, 0.4) is 0 Å². The largest absolute Gasteiger partial charge is 0.480 e. The zero-order chi connectivity index (χ0) is 18.8. The van der Waals surface area contributed by atoms with Crippen molar-refractivity contribution in [1.82, 2.24) is 10.6 Å². The Morgan fingerprint density at radius 2 is 1.72 bits per heavy atom. The maximum atomic E-state index is 12.3. The summed E-state index contributed by atoms with van der Waals surface area (Å²) in [5, 5.41) is 14.0. The molecule has 2 amide bonds. The molecule has 0 bridgehead atoms. The van der Waals surface area contributed by atoms with Gasteiger partial charge < -0.3 is 20.5 Å². The molecule has 138 valence electrons. The number of hydrogen-bond acceptors (Lipinski definition) is 4. The molecule has 0 spiro atoms. The zero-order valence-electron chi connectivity index (χ0n) is 14.8. The van der Waals surface area contributed by atoms with Crippen LogP contribution in [-0.4, -0.2) is 35.2 Å². The zero-order valence-corrected chi connectivity index (χ0v) is 14.8. The average Bonchev–Trinajstić information content (AvgIpc) is 2.57. The second-order valence-corrected chi connectivity index (χ2v) is 6.20. The first-order valence-corrected chi connectivity index (χ1v) is 8.33. The van der Waals surface area contributed by atoms with E-state index in [4.69, 9.17) is 9.84 Å². The Balaban J connectivity index is 2.63. The summed E-state index contributed by atoms with van der Waals surface area (Å²) >= 11 is 0. The molecule has 1 aromatic rings. The number of carbonyl (C=O) groups is 3. The third-order valence-corrected chi connectivity index (χ3v) is 3.55. The van der Waals surface area contributed by atoms with Crippen LogP contribution in [0.15, 0.2) is 30.3 Å². The number of carboxylic acid groups (broad SMARTS) is 1. The van der Waals surface area contributed by atoms with Crippen LogP contribution < -0.4 is 10.6 Å². The number of aliphatic carboxylic acids is 1.